The van der Waals surface area contributed by atoms with Gasteiger partial charge in [0.05, 0.1) is 0 Å². The number of hydrogen-bond acceptors (Lipinski definition) is 2. The van der Waals surface area contributed by atoms with Crippen LogP contribution < -0.4 is 5.32 Å². The van der Waals surface area contributed by atoms with Crippen LogP contribution in [0, 0.1) is 46.3 Å². The molecule has 5 rings (SSSR count). The molecule has 0 aromatic heterocycles. The summed E-state index contributed by atoms with van der Waals surface area (Å²) in [6.45, 7) is 12.5. The number of halogens is 1. The van der Waals surface area contributed by atoms with Crippen LogP contribution in [0.3, 0.4) is 0 Å². The lowest BCUT2D eigenvalue weighted by molar-refractivity contribution is -0.0577. The number of rotatable bonds is 7. The maximum atomic E-state index is 12.6. The molecule has 0 heterocycles. The highest BCUT2D eigenvalue weighted by atomic mass is 35.5. The molecule has 4 heteroatoms. The molecule has 3 saturated carbocycles. The van der Waals surface area contributed by atoms with Gasteiger partial charge in [0.1, 0.15) is 6.10 Å². The van der Waals surface area contributed by atoms with E-state index in [2.05, 4.69) is 46.0 Å². The maximum absolute atomic E-state index is 12.6. The van der Waals surface area contributed by atoms with E-state index in [1.54, 1.807) is 17.7 Å². The first-order valence-electron chi connectivity index (χ1n) is 15.5. The Morgan fingerprint density at radius 3 is 2.53 bits per heavy atom. The fourth-order valence-electron chi connectivity index (χ4n) is 9.58. The van der Waals surface area contributed by atoms with E-state index < -0.39 is 0 Å². The van der Waals surface area contributed by atoms with Crippen LogP contribution in [0.15, 0.2) is 35.9 Å². The summed E-state index contributed by atoms with van der Waals surface area (Å²) >= 11 is 5.97. The maximum Gasteiger partial charge on any atom is 0.411 e. The van der Waals surface area contributed by atoms with E-state index in [1.807, 2.05) is 12.1 Å². The fraction of sp³-hybridized carbons (Fsp3) is 0.735. The van der Waals surface area contributed by atoms with Gasteiger partial charge in [-0.15, -0.1) is 0 Å². The molecule has 4 aliphatic carbocycles. The minimum absolute atomic E-state index is 0.0328. The van der Waals surface area contributed by atoms with Crippen LogP contribution >= 0.6 is 11.6 Å². The molecule has 0 bridgehead atoms. The Hall–Kier alpha value is -1.48. The summed E-state index contributed by atoms with van der Waals surface area (Å²) < 4.78 is 5.90. The van der Waals surface area contributed by atoms with E-state index in [0.717, 1.165) is 54.8 Å². The SMILES string of the molecule is CC(C)CCC[C@@H](C)[C@@H]1CC[C@@H]2[C@H]3CC=C4C[C@@H](OC(=O)Nc5ccc(Cl)cc5)CC[C@]4(C)[C@@H]3CC[C@@]21C. The predicted molar refractivity (Wildman–Crippen MR) is 158 cm³/mol. The van der Waals surface area contributed by atoms with Crippen LogP contribution in [0.25, 0.3) is 0 Å². The molecule has 0 aliphatic heterocycles. The molecule has 0 saturated heterocycles. The first kappa shape index (κ1) is 28.1. The van der Waals surface area contributed by atoms with Crippen molar-refractivity contribution in [3.05, 3.63) is 40.9 Å². The molecule has 0 unspecified atom stereocenters. The van der Waals surface area contributed by atoms with Gasteiger partial charge in [-0.3, -0.25) is 5.32 Å². The number of benzene rings is 1. The van der Waals surface area contributed by atoms with E-state index in [-0.39, 0.29) is 17.6 Å². The first-order chi connectivity index (χ1) is 18.1. The summed E-state index contributed by atoms with van der Waals surface area (Å²) in [5.41, 5.74) is 3.08. The second kappa shape index (κ2) is 11.2. The number of carbonyl (C=O) groups is 1. The average molecular weight is 540 g/mol. The lowest BCUT2D eigenvalue weighted by Crippen LogP contribution is -2.51. The third kappa shape index (κ3) is 5.43. The van der Waals surface area contributed by atoms with Crippen molar-refractivity contribution in [1.29, 1.82) is 0 Å². The molecule has 8 atom stereocenters. The van der Waals surface area contributed by atoms with Crippen LogP contribution in [0.1, 0.15) is 105 Å². The Kier molecular flexibility index (Phi) is 8.26. The number of fused-ring (bicyclic) bond motifs is 5. The van der Waals surface area contributed by atoms with E-state index in [4.69, 9.17) is 16.3 Å². The van der Waals surface area contributed by atoms with Crippen molar-refractivity contribution in [3.8, 4) is 0 Å². The molecule has 3 nitrogen and oxygen atoms in total. The van der Waals surface area contributed by atoms with Gasteiger partial charge in [0.15, 0.2) is 0 Å². The van der Waals surface area contributed by atoms with Gasteiger partial charge in [-0.25, -0.2) is 4.79 Å². The summed E-state index contributed by atoms with van der Waals surface area (Å²) in [5.74, 6) is 5.10. The van der Waals surface area contributed by atoms with Crippen LogP contribution in [0.4, 0.5) is 10.5 Å². The van der Waals surface area contributed by atoms with E-state index in [9.17, 15) is 4.79 Å². The van der Waals surface area contributed by atoms with Crippen LogP contribution in [-0.2, 0) is 4.74 Å². The van der Waals surface area contributed by atoms with Crippen LogP contribution in [0.5, 0.6) is 0 Å². The standard InChI is InChI=1S/C34H50ClNO2/c1-22(2)7-6-8-23(3)29-15-16-30-28-14-9-24-21-27(38-32(37)36-26-12-10-25(35)11-13-26)17-19-33(24,4)31(28)18-20-34(29,30)5/h9-13,22-23,27-31H,6-8,14-21H2,1-5H3,(H,36,37)/t23-,27+,28-,29+,30-,31-,33+,34-/m1/s1. The van der Waals surface area contributed by atoms with Gasteiger partial charge >= 0.3 is 6.09 Å². The van der Waals surface area contributed by atoms with Gasteiger partial charge in [-0.1, -0.05) is 77.1 Å². The highest BCUT2D eigenvalue weighted by Gasteiger charge is 2.59. The number of allylic oxidation sites excluding steroid dienone is 1. The van der Waals surface area contributed by atoms with Crippen LogP contribution in [-0.4, -0.2) is 12.2 Å². The highest BCUT2D eigenvalue weighted by Crippen LogP contribution is 2.67. The summed E-state index contributed by atoms with van der Waals surface area (Å²) in [5, 5.41) is 3.52. The lowest BCUT2D eigenvalue weighted by atomic mass is 9.47. The first-order valence-corrected chi connectivity index (χ1v) is 15.9. The number of anilines is 1. The molecule has 1 amide bonds. The summed E-state index contributed by atoms with van der Waals surface area (Å²) in [6, 6.07) is 7.17. The normalized spacial score (nSPS) is 37.0. The molecule has 4 aliphatic rings. The molecular formula is C34H50ClNO2. The smallest absolute Gasteiger partial charge is 0.411 e. The van der Waals surface area contributed by atoms with Crippen LogP contribution in [0.2, 0.25) is 5.02 Å². The number of amides is 1. The number of carbonyl (C=O) groups excluding carboxylic acids is 1. The average Bonchev–Trinajstić information content (AvgIpc) is 3.23. The Bertz CT molecular complexity index is 1020. The monoisotopic (exact) mass is 539 g/mol. The van der Waals surface area contributed by atoms with Gasteiger partial charge < -0.3 is 4.74 Å². The molecule has 38 heavy (non-hydrogen) atoms. The summed E-state index contributed by atoms with van der Waals surface area (Å²) in [4.78, 5) is 12.6. The zero-order chi connectivity index (χ0) is 27.1. The van der Waals surface area contributed by atoms with Gasteiger partial charge in [-0.05, 0) is 116 Å². The molecule has 210 valence electrons. The minimum atomic E-state index is -0.358. The van der Waals surface area contributed by atoms with E-state index in [1.165, 1.54) is 51.4 Å². The lowest BCUT2D eigenvalue weighted by Gasteiger charge is -2.58. The van der Waals surface area contributed by atoms with Crippen molar-refractivity contribution >= 4 is 23.4 Å². The summed E-state index contributed by atoms with van der Waals surface area (Å²) in [6.07, 6.45) is 16.3. The molecular weight excluding hydrogens is 490 g/mol. The van der Waals surface area contributed by atoms with Crippen molar-refractivity contribution in [2.24, 2.45) is 46.3 Å². The predicted octanol–water partition coefficient (Wildman–Crippen LogP) is 10.3. The second-order valence-corrected chi connectivity index (χ2v) is 14.6. The molecule has 0 spiro atoms. The molecule has 1 aromatic rings. The van der Waals surface area contributed by atoms with Crippen molar-refractivity contribution in [1.82, 2.24) is 0 Å². The van der Waals surface area contributed by atoms with Gasteiger partial charge in [0, 0.05) is 17.1 Å². The van der Waals surface area contributed by atoms with Crippen molar-refractivity contribution in [3.63, 3.8) is 0 Å². The Morgan fingerprint density at radius 1 is 1.03 bits per heavy atom. The van der Waals surface area contributed by atoms with Gasteiger partial charge in [0.2, 0.25) is 0 Å². The quantitative estimate of drug-likeness (QED) is 0.350. The molecule has 0 radical (unpaired) electrons. The van der Waals surface area contributed by atoms with Gasteiger partial charge in [-0.2, -0.15) is 0 Å². The molecule has 1 aromatic carbocycles. The summed E-state index contributed by atoms with van der Waals surface area (Å²) in [7, 11) is 0. The number of hydrogen-bond donors (Lipinski definition) is 1. The van der Waals surface area contributed by atoms with E-state index in [0.29, 0.717) is 16.1 Å². The largest absolute Gasteiger partial charge is 0.446 e. The Morgan fingerprint density at radius 2 is 1.79 bits per heavy atom. The van der Waals surface area contributed by atoms with Crippen molar-refractivity contribution < 1.29 is 9.53 Å². The number of ether oxygens (including phenoxy) is 1. The second-order valence-electron chi connectivity index (χ2n) is 14.2. The zero-order valence-corrected chi connectivity index (χ0v) is 25.2. The zero-order valence-electron chi connectivity index (χ0n) is 24.4. The van der Waals surface area contributed by atoms with E-state index >= 15 is 0 Å². The molecule has 1 N–H and O–H groups in total. The van der Waals surface area contributed by atoms with Crippen molar-refractivity contribution in [2.45, 2.75) is 111 Å². The van der Waals surface area contributed by atoms with Crippen molar-refractivity contribution in [2.75, 3.05) is 5.32 Å². The van der Waals surface area contributed by atoms with Gasteiger partial charge in [0.25, 0.3) is 0 Å². The molecule has 3 fully saturated rings. The Labute approximate surface area is 236 Å². The Balaban J connectivity index is 1.21. The minimum Gasteiger partial charge on any atom is -0.446 e. The topological polar surface area (TPSA) is 38.3 Å². The number of nitrogens with one attached hydrogen (secondary N) is 1. The third-order valence-electron chi connectivity index (χ3n) is 11.6. The third-order valence-corrected chi connectivity index (χ3v) is 11.9. The fourth-order valence-corrected chi connectivity index (χ4v) is 9.71. The highest BCUT2D eigenvalue weighted by molar-refractivity contribution is 6.30.